The van der Waals surface area contributed by atoms with Crippen LogP contribution in [0.1, 0.15) is 174 Å². The topological polar surface area (TPSA) is 38.9 Å². The molecule has 4 saturated carbocycles. The van der Waals surface area contributed by atoms with E-state index >= 15 is 0 Å². The van der Waals surface area contributed by atoms with Crippen LogP contribution in [0.3, 0.4) is 0 Å². The van der Waals surface area contributed by atoms with Gasteiger partial charge in [-0.1, -0.05) is 180 Å². The summed E-state index contributed by atoms with van der Waals surface area (Å²) in [5.41, 5.74) is 19.7. The molecule has 4 aliphatic carbocycles. The zero-order valence-corrected chi connectivity index (χ0v) is 45.1. The second-order valence-electron chi connectivity index (χ2n) is 23.1. The second kappa shape index (κ2) is 22.8. The van der Waals surface area contributed by atoms with E-state index in [4.69, 9.17) is 9.97 Å². The lowest BCUT2D eigenvalue weighted by Crippen LogP contribution is -2.15. The third-order valence-electron chi connectivity index (χ3n) is 18.2. The van der Waals surface area contributed by atoms with Crippen LogP contribution in [0.5, 0.6) is 0 Å². The summed E-state index contributed by atoms with van der Waals surface area (Å²) in [4.78, 5) is 13.0. The maximum Gasteiger partial charge on any atom is 0.144 e. The molecule has 0 unspecified atom stereocenters. The van der Waals surface area contributed by atoms with E-state index in [1.54, 1.807) is 0 Å². The van der Waals surface area contributed by atoms with E-state index < -0.39 is 0 Å². The van der Waals surface area contributed by atoms with Gasteiger partial charge < -0.3 is 4.90 Å². The molecule has 9 aromatic rings. The molecular weight excluding hydrogens is 935 g/mol. The largest absolute Gasteiger partial charge is 0.310 e. The minimum atomic E-state index is 0.522. The molecule has 5 heteroatoms. The first-order chi connectivity index (χ1) is 38.2. The van der Waals surface area contributed by atoms with Gasteiger partial charge in [-0.15, -0.1) is 0 Å². The fourth-order valence-electron chi connectivity index (χ4n) is 14.4. The second-order valence-corrected chi connectivity index (χ2v) is 23.1. The molecule has 0 N–H and O–H groups in total. The molecule has 2 heterocycles. The molecule has 388 valence electrons. The van der Waals surface area contributed by atoms with Gasteiger partial charge in [-0.2, -0.15) is 0 Å². The number of imidazole rings is 2. The van der Waals surface area contributed by atoms with Gasteiger partial charge in [0.25, 0.3) is 0 Å². The van der Waals surface area contributed by atoms with Crippen LogP contribution in [-0.2, 0) is 0 Å². The summed E-state index contributed by atoms with van der Waals surface area (Å²) in [5.74, 6) is 4.09. The van der Waals surface area contributed by atoms with E-state index in [-0.39, 0.29) is 0 Å². The first-order valence-corrected chi connectivity index (χ1v) is 29.8. The summed E-state index contributed by atoms with van der Waals surface area (Å²) >= 11 is 0. The van der Waals surface area contributed by atoms with Gasteiger partial charge in [-0.3, -0.25) is 9.13 Å². The molecule has 77 heavy (non-hydrogen) atoms. The van der Waals surface area contributed by atoms with Crippen molar-refractivity contribution in [3.8, 4) is 56.4 Å². The van der Waals surface area contributed by atoms with E-state index in [0.717, 1.165) is 39.8 Å². The van der Waals surface area contributed by atoms with Crippen LogP contribution >= 0.6 is 0 Å². The lowest BCUT2D eigenvalue weighted by molar-refractivity contribution is 0.434. The first kappa shape index (κ1) is 49.3. The van der Waals surface area contributed by atoms with Crippen molar-refractivity contribution in [2.24, 2.45) is 0 Å². The highest BCUT2D eigenvalue weighted by Crippen LogP contribution is 2.48. The monoisotopic (exact) mass is 1010 g/mol. The Morgan fingerprint density at radius 3 is 0.961 bits per heavy atom. The van der Waals surface area contributed by atoms with Crippen molar-refractivity contribution >= 4 is 17.1 Å². The van der Waals surface area contributed by atoms with Gasteiger partial charge >= 0.3 is 0 Å². The summed E-state index contributed by atoms with van der Waals surface area (Å²) in [6.45, 7) is 0. The summed E-state index contributed by atoms with van der Waals surface area (Å²) in [6, 6.07) is 61.8. The van der Waals surface area contributed by atoms with Crippen LogP contribution in [0.4, 0.5) is 17.1 Å². The van der Waals surface area contributed by atoms with Crippen molar-refractivity contribution in [3.05, 3.63) is 211 Å². The van der Waals surface area contributed by atoms with Crippen molar-refractivity contribution in [2.45, 2.75) is 152 Å². The highest BCUT2D eigenvalue weighted by atomic mass is 15.1. The van der Waals surface area contributed by atoms with E-state index in [0.29, 0.717) is 23.7 Å². The number of anilines is 3. The molecule has 0 radical (unpaired) electrons. The van der Waals surface area contributed by atoms with Crippen LogP contribution in [0.2, 0.25) is 0 Å². The molecule has 0 bridgehead atoms. The summed E-state index contributed by atoms with van der Waals surface area (Å²) in [7, 11) is 0. The van der Waals surface area contributed by atoms with E-state index in [1.165, 1.54) is 184 Å². The molecule has 7 aromatic carbocycles. The van der Waals surface area contributed by atoms with Crippen LogP contribution in [0.25, 0.3) is 56.4 Å². The molecule has 5 nitrogen and oxygen atoms in total. The zero-order chi connectivity index (χ0) is 51.3. The highest BCUT2D eigenvalue weighted by molar-refractivity contribution is 5.82. The Bertz CT molecular complexity index is 3110. The number of aromatic nitrogens is 4. The standard InChI is InChI=1S/C72H75N5/c1-8-24-52(25-9-1)60-48-65(54-28-12-3-13-29-54)69(66(49-60)55-30-14-4-15-31-55)75-44-42-73-71(75)58-36-22-40-63(46-58)77(62-38-20-7-21-39-62)64-41-23-37-59(47-64)72-74-43-45-76(72)70-67(56-32-16-5-17-33-56)50-61(53-26-10-2-11-27-53)51-68(70)57-34-18-6-19-35-57/h1-2,7-11,20-27,36-51,54-57H,3-6,12-19,28-35H2. The molecule has 0 spiro atoms. The lowest BCUT2D eigenvalue weighted by Gasteiger charge is -2.32. The van der Waals surface area contributed by atoms with E-state index in [2.05, 4.69) is 190 Å². The van der Waals surface area contributed by atoms with Crippen molar-refractivity contribution in [1.82, 2.24) is 19.1 Å². The number of hydrogen-bond acceptors (Lipinski definition) is 3. The molecule has 13 rings (SSSR count). The van der Waals surface area contributed by atoms with Gasteiger partial charge in [0.1, 0.15) is 11.6 Å². The third-order valence-corrected chi connectivity index (χ3v) is 18.2. The predicted molar refractivity (Wildman–Crippen MR) is 320 cm³/mol. The maximum atomic E-state index is 5.29. The number of nitrogens with zero attached hydrogens (tertiary/aromatic N) is 5. The van der Waals surface area contributed by atoms with E-state index in [9.17, 15) is 0 Å². The minimum Gasteiger partial charge on any atom is -0.310 e. The van der Waals surface area contributed by atoms with Gasteiger partial charge in [0.15, 0.2) is 0 Å². The fourth-order valence-corrected chi connectivity index (χ4v) is 14.4. The number of para-hydroxylation sites is 1. The van der Waals surface area contributed by atoms with Crippen LogP contribution < -0.4 is 4.90 Å². The Hall–Kier alpha value is -7.24. The molecule has 2 aromatic heterocycles. The smallest absolute Gasteiger partial charge is 0.144 e. The Labute approximate surface area is 458 Å². The van der Waals surface area contributed by atoms with Gasteiger partial charge in [0.05, 0.1) is 11.4 Å². The number of rotatable bonds is 13. The summed E-state index contributed by atoms with van der Waals surface area (Å²) < 4.78 is 4.98. The summed E-state index contributed by atoms with van der Waals surface area (Å²) in [6.07, 6.45) is 34.2. The van der Waals surface area contributed by atoms with Gasteiger partial charge in [-0.25, -0.2) is 9.97 Å². The predicted octanol–water partition coefficient (Wildman–Crippen LogP) is 20.4. The van der Waals surface area contributed by atoms with Crippen LogP contribution in [0.15, 0.2) is 189 Å². The lowest BCUT2D eigenvalue weighted by atomic mass is 9.77. The normalized spacial score (nSPS) is 17.1. The maximum absolute atomic E-state index is 5.29. The van der Waals surface area contributed by atoms with Gasteiger partial charge in [-0.05, 0) is 180 Å². The molecule has 0 saturated heterocycles. The molecular formula is C72H75N5. The summed E-state index contributed by atoms with van der Waals surface area (Å²) in [5, 5.41) is 0. The average molecular weight is 1010 g/mol. The SMILES string of the molecule is c1ccc(-c2cc(C3CCCCC3)c(-n3ccnc3-c3cccc(N(c4ccccc4)c4cccc(-c5nccn5-c5c(C6CCCCC6)cc(-c6ccccc6)cc5C5CCCCC5)c4)c3)c(C3CCCCC3)c2)cc1. The van der Waals surface area contributed by atoms with Gasteiger partial charge in [0, 0.05) is 53.0 Å². The molecule has 4 fully saturated rings. The number of hydrogen-bond donors (Lipinski definition) is 0. The van der Waals surface area contributed by atoms with Crippen molar-refractivity contribution in [1.29, 1.82) is 0 Å². The Balaban J connectivity index is 0.924. The Morgan fingerprint density at radius 1 is 0.299 bits per heavy atom. The molecule has 0 atom stereocenters. The van der Waals surface area contributed by atoms with Crippen molar-refractivity contribution in [3.63, 3.8) is 0 Å². The Kier molecular flexibility index (Phi) is 14.6. The average Bonchev–Trinajstić information content (AvgIpc) is 4.27. The molecule has 0 amide bonds. The Morgan fingerprint density at radius 2 is 0.610 bits per heavy atom. The third kappa shape index (κ3) is 10.3. The van der Waals surface area contributed by atoms with Crippen LogP contribution in [0, 0.1) is 0 Å². The van der Waals surface area contributed by atoms with E-state index in [1.807, 2.05) is 12.4 Å². The van der Waals surface area contributed by atoms with Crippen molar-refractivity contribution in [2.75, 3.05) is 4.90 Å². The zero-order valence-electron chi connectivity index (χ0n) is 45.1. The quantitative estimate of drug-likeness (QED) is 0.116. The van der Waals surface area contributed by atoms with Crippen molar-refractivity contribution < 1.29 is 0 Å². The first-order valence-electron chi connectivity index (χ1n) is 29.8. The van der Waals surface area contributed by atoms with Crippen LogP contribution in [-0.4, -0.2) is 19.1 Å². The van der Waals surface area contributed by atoms with Gasteiger partial charge in [0.2, 0.25) is 0 Å². The molecule has 0 aliphatic heterocycles. The highest BCUT2D eigenvalue weighted by Gasteiger charge is 2.31. The minimum absolute atomic E-state index is 0.522. The molecule has 4 aliphatic rings. The fraction of sp³-hybridized carbons (Fsp3) is 0.333. The number of benzene rings is 7.